The SMILES string of the molecule is COc1ccc(-n2nc(C(F)(F)F)oc2=O)cc1. The molecule has 0 radical (unpaired) electrons. The molecule has 0 atom stereocenters. The zero-order valence-electron chi connectivity index (χ0n) is 9.06. The van der Waals surface area contributed by atoms with Gasteiger partial charge in [-0.2, -0.15) is 17.9 Å². The molecule has 0 bridgehead atoms. The van der Waals surface area contributed by atoms with Gasteiger partial charge in [-0.1, -0.05) is 0 Å². The number of alkyl halides is 3. The fraction of sp³-hybridized carbons (Fsp3) is 0.200. The van der Waals surface area contributed by atoms with E-state index in [2.05, 4.69) is 9.52 Å². The topological polar surface area (TPSA) is 57.3 Å². The molecular formula is C10H7F3N2O3. The summed E-state index contributed by atoms with van der Waals surface area (Å²) in [7, 11) is 1.44. The molecule has 1 aromatic heterocycles. The van der Waals surface area contributed by atoms with Crippen LogP contribution in [0.15, 0.2) is 33.5 Å². The van der Waals surface area contributed by atoms with Crippen molar-refractivity contribution in [3.63, 3.8) is 0 Å². The summed E-state index contributed by atoms with van der Waals surface area (Å²) >= 11 is 0. The Balaban J connectivity index is 2.44. The summed E-state index contributed by atoms with van der Waals surface area (Å²) in [6, 6.07) is 5.76. The van der Waals surface area contributed by atoms with Crippen LogP contribution in [0.5, 0.6) is 5.75 Å². The predicted octanol–water partition coefficient (Wildman–Crippen LogP) is 1.85. The fourth-order valence-corrected chi connectivity index (χ4v) is 1.28. The van der Waals surface area contributed by atoms with Crippen molar-refractivity contribution in [2.45, 2.75) is 6.18 Å². The van der Waals surface area contributed by atoms with Gasteiger partial charge in [-0.25, -0.2) is 4.79 Å². The van der Waals surface area contributed by atoms with Crippen LogP contribution >= 0.6 is 0 Å². The average molecular weight is 260 g/mol. The molecule has 1 heterocycles. The van der Waals surface area contributed by atoms with Gasteiger partial charge < -0.3 is 9.15 Å². The van der Waals surface area contributed by atoms with Gasteiger partial charge in [0.05, 0.1) is 12.8 Å². The van der Waals surface area contributed by atoms with E-state index in [1.807, 2.05) is 0 Å². The minimum Gasteiger partial charge on any atom is -0.497 e. The van der Waals surface area contributed by atoms with Crippen molar-refractivity contribution in [1.82, 2.24) is 9.78 Å². The number of hydrogen-bond acceptors (Lipinski definition) is 4. The van der Waals surface area contributed by atoms with E-state index in [1.54, 1.807) is 0 Å². The molecule has 2 aromatic rings. The number of rotatable bonds is 2. The Bertz CT molecular complexity index is 598. The molecule has 1 aromatic carbocycles. The average Bonchev–Trinajstić information content (AvgIpc) is 2.71. The molecule has 5 nitrogen and oxygen atoms in total. The van der Waals surface area contributed by atoms with Crippen LogP contribution < -0.4 is 10.5 Å². The molecule has 96 valence electrons. The van der Waals surface area contributed by atoms with E-state index in [-0.39, 0.29) is 5.69 Å². The zero-order chi connectivity index (χ0) is 13.3. The van der Waals surface area contributed by atoms with Crippen molar-refractivity contribution in [3.05, 3.63) is 40.7 Å². The third-order valence-corrected chi connectivity index (χ3v) is 2.11. The van der Waals surface area contributed by atoms with Gasteiger partial charge in [-0.3, -0.25) is 0 Å². The standard InChI is InChI=1S/C10H7F3N2O3/c1-17-7-4-2-6(3-5-7)15-9(16)18-8(14-15)10(11,12)13/h2-5H,1H3. The van der Waals surface area contributed by atoms with Gasteiger partial charge in [0, 0.05) is 0 Å². The van der Waals surface area contributed by atoms with Crippen LogP contribution in [-0.2, 0) is 6.18 Å². The Morgan fingerprint density at radius 2 is 1.89 bits per heavy atom. The number of nitrogens with zero attached hydrogens (tertiary/aromatic N) is 2. The summed E-state index contributed by atoms with van der Waals surface area (Å²) in [5.41, 5.74) is 0.153. The first-order chi connectivity index (χ1) is 8.41. The third kappa shape index (κ3) is 2.22. The molecule has 0 aliphatic rings. The second-order valence-corrected chi connectivity index (χ2v) is 3.28. The smallest absolute Gasteiger partial charge is 0.470 e. The molecule has 0 N–H and O–H groups in total. The summed E-state index contributed by atoms with van der Waals surface area (Å²) in [5, 5.41) is 3.08. The molecule has 0 fully saturated rings. The van der Waals surface area contributed by atoms with Gasteiger partial charge in [-0.15, -0.1) is 5.10 Å². The van der Waals surface area contributed by atoms with Gasteiger partial charge in [-0.05, 0) is 24.3 Å². The van der Waals surface area contributed by atoms with Crippen LogP contribution in [0, 0.1) is 0 Å². The van der Waals surface area contributed by atoms with Crippen LogP contribution in [0.2, 0.25) is 0 Å². The maximum atomic E-state index is 12.3. The van der Waals surface area contributed by atoms with E-state index in [1.165, 1.54) is 31.4 Å². The summed E-state index contributed by atoms with van der Waals surface area (Å²) in [4.78, 5) is 11.2. The molecule has 0 saturated carbocycles. The molecule has 0 spiro atoms. The molecule has 8 heteroatoms. The van der Waals surface area contributed by atoms with Crippen LogP contribution in [0.25, 0.3) is 5.69 Å². The third-order valence-electron chi connectivity index (χ3n) is 2.11. The van der Waals surface area contributed by atoms with Crippen molar-refractivity contribution >= 4 is 0 Å². The molecule has 0 unspecified atom stereocenters. The lowest BCUT2D eigenvalue weighted by Gasteiger charge is -2.01. The lowest BCUT2D eigenvalue weighted by molar-refractivity contribution is -0.157. The Kier molecular flexibility index (Phi) is 2.85. The largest absolute Gasteiger partial charge is 0.497 e. The van der Waals surface area contributed by atoms with E-state index in [0.29, 0.717) is 10.4 Å². The highest BCUT2D eigenvalue weighted by atomic mass is 19.4. The van der Waals surface area contributed by atoms with Crippen LogP contribution in [0.4, 0.5) is 13.2 Å². The minimum absolute atomic E-state index is 0.153. The number of halogens is 3. The van der Waals surface area contributed by atoms with Gasteiger partial charge in [0.25, 0.3) is 0 Å². The van der Waals surface area contributed by atoms with E-state index in [4.69, 9.17) is 4.74 Å². The first-order valence-corrected chi connectivity index (χ1v) is 4.73. The van der Waals surface area contributed by atoms with Crippen molar-refractivity contribution in [1.29, 1.82) is 0 Å². The Morgan fingerprint density at radius 3 is 2.33 bits per heavy atom. The number of hydrogen-bond donors (Lipinski definition) is 0. The van der Waals surface area contributed by atoms with E-state index in [0.717, 1.165) is 0 Å². The second-order valence-electron chi connectivity index (χ2n) is 3.28. The van der Waals surface area contributed by atoms with Gasteiger partial charge in [0.2, 0.25) is 0 Å². The van der Waals surface area contributed by atoms with Crippen molar-refractivity contribution < 1.29 is 22.3 Å². The number of methoxy groups -OCH3 is 1. The molecule has 18 heavy (non-hydrogen) atoms. The predicted molar refractivity (Wildman–Crippen MR) is 53.7 cm³/mol. The molecular weight excluding hydrogens is 253 g/mol. The summed E-state index contributed by atoms with van der Waals surface area (Å²) in [5.74, 6) is -2.28. The second kappa shape index (κ2) is 4.21. The number of benzene rings is 1. The van der Waals surface area contributed by atoms with Gasteiger partial charge in [0.1, 0.15) is 5.75 Å². The highest BCUT2D eigenvalue weighted by molar-refractivity contribution is 5.36. The van der Waals surface area contributed by atoms with Gasteiger partial charge in [0.15, 0.2) is 0 Å². The van der Waals surface area contributed by atoms with Gasteiger partial charge >= 0.3 is 17.8 Å². The Hall–Kier alpha value is -2.25. The Labute approximate surface area is 98.4 Å². The maximum Gasteiger partial charge on any atom is 0.470 e. The van der Waals surface area contributed by atoms with E-state index < -0.39 is 17.8 Å². The highest BCUT2D eigenvalue weighted by Crippen LogP contribution is 2.26. The number of ether oxygens (including phenoxy) is 1. The maximum absolute atomic E-state index is 12.3. The lowest BCUT2D eigenvalue weighted by atomic mass is 10.3. The lowest BCUT2D eigenvalue weighted by Crippen LogP contribution is -2.13. The monoisotopic (exact) mass is 260 g/mol. The molecule has 0 aliphatic heterocycles. The summed E-state index contributed by atoms with van der Waals surface area (Å²) < 4.78 is 46.3. The van der Waals surface area contributed by atoms with Crippen molar-refractivity contribution in [3.8, 4) is 11.4 Å². The minimum atomic E-state index is -4.79. The van der Waals surface area contributed by atoms with E-state index in [9.17, 15) is 18.0 Å². The Morgan fingerprint density at radius 1 is 1.28 bits per heavy atom. The number of aromatic nitrogens is 2. The van der Waals surface area contributed by atoms with Crippen molar-refractivity contribution in [2.75, 3.05) is 7.11 Å². The summed E-state index contributed by atoms with van der Waals surface area (Å²) in [6.07, 6.45) is -4.79. The zero-order valence-corrected chi connectivity index (χ0v) is 9.06. The molecule has 0 saturated heterocycles. The molecule has 2 rings (SSSR count). The molecule has 0 amide bonds. The normalized spacial score (nSPS) is 11.6. The van der Waals surface area contributed by atoms with Crippen LogP contribution in [-0.4, -0.2) is 16.9 Å². The van der Waals surface area contributed by atoms with Crippen LogP contribution in [0.3, 0.4) is 0 Å². The van der Waals surface area contributed by atoms with Crippen molar-refractivity contribution in [2.24, 2.45) is 0 Å². The fourth-order valence-electron chi connectivity index (χ4n) is 1.28. The quantitative estimate of drug-likeness (QED) is 0.826. The highest BCUT2D eigenvalue weighted by Gasteiger charge is 2.38. The first-order valence-electron chi connectivity index (χ1n) is 4.73. The summed E-state index contributed by atoms with van der Waals surface area (Å²) in [6.45, 7) is 0. The van der Waals surface area contributed by atoms with E-state index >= 15 is 0 Å². The first kappa shape index (κ1) is 12.2. The van der Waals surface area contributed by atoms with Crippen LogP contribution in [0.1, 0.15) is 5.89 Å². The molecule has 0 aliphatic carbocycles.